The van der Waals surface area contributed by atoms with Crippen LogP contribution in [-0.4, -0.2) is 29.2 Å². The molecule has 1 saturated heterocycles. The monoisotopic (exact) mass is 319 g/mol. The van der Waals surface area contributed by atoms with Crippen LogP contribution in [0.15, 0.2) is 35.8 Å². The van der Waals surface area contributed by atoms with E-state index in [0.29, 0.717) is 18.9 Å². The number of nitrogens with zero attached hydrogens (tertiary/aromatic N) is 3. The van der Waals surface area contributed by atoms with E-state index in [0.717, 1.165) is 24.3 Å². The minimum Gasteiger partial charge on any atom is -0.376 e. The summed E-state index contributed by atoms with van der Waals surface area (Å²) >= 11 is 1.64. The highest BCUT2D eigenvalue weighted by molar-refractivity contribution is 7.09. The summed E-state index contributed by atoms with van der Waals surface area (Å²) < 4.78 is 5.69. The molecule has 0 aromatic carbocycles. The van der Waals surface area contributed by atoms with Gasteiger partial charge in [-0.25, -0.2) is 4.98 Å². The molecule has 116 valence electrons. The summed E-state index contributed by atoms with van der Waals surface area (Å²) in [5.41, 5.74) is 0.0389. The van der Waals surface area contributed by atoms with Gasteiger partial charge in [0.25, 0.3) is 0 Å². The van der Waals surface area contributed by atoms with E-state index >= 15 is 0 Å². The van der Waals surface area contributed by atoms with Gasteiger partial charge in [0.2, 0.25) is 5.82 Å². The quantitative estimate of drug-likeness (QED) is 0.604. The summed E-state index contributed by atoms with van der Waals surface area (Å²) in [5.74, 6) is 0.413. The van der Waals surface area contributed by atoms with E-state index < -0.39 is 0 Å². The second-order valence-electron chi connectivity index (χ2n) is 5.20. The number of hydrogen-bond donors (Lipinski definition) is 0. The molecule has 0 saturated carbocycles. The minimum atomic E-state index is -0.376. The Balaban J connectivity index is 1.88. The molecule has 2 aromatic heterocycles. The molecule has 0 spiro atoms. The van der Waals surface area contributed by atoms with E-state index in [4.69, 9.17) is 4.74 Å². The molecule has 1 atom stereocenters. The molecule has 1 fully saturated rings. The van der Waals surface area contributed by atoms with E-state index in [1.165, 1.54) is 6.07 Å². The van der Waals surface area contributed by atoms with Gasteiger partial charge in [-0.1, -0.05) is 6.07 Å². The van der Waals surface area contributed by atoms with E-state index in [1.807, 2.05) is 22.4 Å². The van der Waals surface area contributed by atoms with Crippen molar-refractivity contribution in [1.82, 2.24) is 4.98 Å². The second kappa shape index (κ2) is 6.85. The Morgan fingerprint density at radius 2 is 2.36 bits per heavy atom. The van der Waals surface area contributed by atoms with Gasteiger partial charge in [0, 0.05) is 30.3 Å². The zero-order chi connectivity index (χ0) is 15.4. The second-order valence-corrected chi connectivity index (χ2v) is 6.23. The highest BCUT2D eigenvalue weighted by Crippen LogP contribution is 2.28. The van der Waals surface area contributed by atoms with Gasteiger partial charge in [-0.3, -0.25) is 10.1 Å². The molecule has 0 aliphatic carbocycles. The normalized spacial score (nSPS) is 17.5. The van der Waals surface area contributed by atoms with Crippen LogP contribution in [0.2, 0.25) is 0 Å². The Hall–Kier alpha value is -1.99. The first-order valence-corrected chi connectivity index (χ1v) is 8.10. The fraction of sp³-hybridized carbons (Fsp3) is 0.400. The third-order valence-electron chi connectivity index (χ3n) is 3.64. The van der Waals surface area contributed by atoms with E-state index in [-0.39, 0.29) is 16.7 Å². The van der Waals surface area contributed by atoms with Gasteiger partial charge in [0.15, 0.2) is 0 Å². The predicted molar refractivity (Wildman–Crippen MR) is 85.2 cm³/mol. The van der Waals surface area contributed by atoms with Crippen molar-refractivity contribution in [2.45, 2.75) is 25.5 Å². The number of nitro groups is 1. The molecule has 1 aliphatic rings. The van der Waals surface area contributed by atoms with E-state index in [9.17, 15) is 10.1 Å². The van der Waals surface area contributed by atoms with Gasteiger partial charge < -0.3 is 9.64 Å². The summed E-state index contributed by atoms with van der Waals surface area (Å²) in [5, 5.41) is 13.3. The van der Waals surface area contributed by atoms with Gasteiger partial charge in [0.1, 0.15) is 0 Å². The number of anilines is 1. The first kappa shape index (κ1) is 14.9. The number of ether oxygens (including phenoxy) is 1. The molecular formula is C15H17N3O3S. The number of hydrogen-bond acceptors (Lipinski definition) is 6. The standard InChI is InChI=1S/C15H17N3O3S/c19-18(20)14-6-1-7-16-15(14)17(10-12-4-2-8-21-12)11-13-5-3-9-22-13/h1,3,5-7,9,12H,2,4,8,10-11H2/t12-/m1/s1. The van der Waals surface area contributed by atoms with Crippen LogP contribution in [0.4, 0.5) is 11.5 Å². The van der Waals surface area contributed by atoms with Crippen molar-refractivity contribution in [3.8, 4) is 0 Å². The molecule has 22 heavy (non-hydrogen) atoms. The van der Waals surface area contributed by atoms with Crippen molar-refractivity contribution in [3.05, 3.63) is 50.8 Å². The minimum absolute atomic E-state index is 0.0389. The maximum absolute atomic E-state index is 11.3. The summed E-state index contributed by atoms with van der Waals surface area (Å²) in [6, 6.07) is 7.11. The predicted octanol–water partition coefficient (Wildman–Crippen LogP) is 3.24. The average Bonchev–Trinajstić information content (AvgIpc) is 3.20. The van der Waals surface area contributed by atoms with Crippen molar-refractivity contribution in [3.63, 3.8) is 0 Å². The van der Waals surface area contributed by atoms with Crippen LogP contribution in [0.3, 0.4) is 0 Å². The van der Waals surface area contributed by atoms with Crippen LogP contribution in [0, 0.1) is 10.1 Å². The van der Waals surface area contributed by atoms with Gasteiger partial charge in [-0.2, -0.15) is 0 Å². The lowest BCUT2D eigenvalue weighted by molar-refractivity contribution is -0.384. The Labute approximate surface area is 132 Å². The van der Waals surface area contributed by atoms with Crippen LogP contribution >= 0.6 is 11.3 Å². The number of pyridine rings is 1. The SMILES string of the molecule is O=[N+]([O-])c1cccnc1N(Cc1cccs1)C[C@H]1CCCO1. The lowest BCUT2D eigenvalue weighted by Crippen LogP contribution is -2.32. The first-order valence-electron chi connectivity index (χ1n) is 7.22. The molecule has 0 bridgehead atoms. The summed E-state index contributed by atoms with van der Waals surface area (Å²) in [7, 11) is 0. The maximum atomic E-state index is 11.3. The number of rotatable bonds is 6. The van der Waals surface area contributed by atoms with Crippen molar-refractivity contribution in [2.75, 3.05) is 18.1 Å². The van der Waals surface area contributed by atoms with Crippen LogP contribution in [-0.2, 0) is 11.3 Å². The Kier molecular flexibility index (Phi) is 4.65. The van der Waals surface area contributed by atoms with Gasteiger partial charge in [0.05, 0.1) is 17.6 Å². The smallest absolute Gasteiger partial charge is 0.311 e. The topological polar surface area (TPSA) is 68.5 Å². The van der Waals surface area contributed by atoms with Gasteiger partial charge >= 0.3 is 5.69 Å². The van der Waals surface area contributed by atoms with E-state index in [1.54, 1.807) is 23.6 Å². The van der Waals surface area contributed by atoms with Crippen LogP contribution in [0.5, 0.6) is 0 Å². The highest BCUT2D eigenvalue weighted by atomic mass is 32.1. The van der Waals surface area contributed by atoms with Crippen LogP contribution in [0.1, 0.15) is 17.7 Å². The highest BCUT2D eigenvalue weighted by Gasteiger charge is 2.25. The third-order valence-corrected chi connectivity index (χ3v) is 4.50. The van der Waals surface area contributed by atoms with Crippen LogP contribution < -0.4 is 4.90 Å². The van der Waals surface area contributed by atoms with Gasteiger partial charge in [-0.15, -0.1) is 11.3 Å². The maximum Gasteiger partial charge on any atom is 0.311 e. The molecule has 6 nitrogen and oxygen atoms in total. The zero-order valence-corrected chi connectivity index (χ0v) is 12.9. The molecule has 7 heteroatoms. The molecule has 0 amide bonds. The Morgan fingerprint density at radius 1 is 1.45 bits per heavy atom. The molecule has 2 aromatic rings. The fourth-order valence-electron chi connectivity index (χ4n) is 2.63. The molecule has 3 rings (SSSR count). The molecular weight excluding hydrogens is 302 g/mol. The van der Waals surface area contributed by atoms with Gasteiger partial charge in [-0.05, 0) is 30.4 Å². The third kappa shape index (κ3) is 3.42. The molecule has 0 radical (unpaired) electrons. The average molecular weight is 319 g/mol. The lowest BCUT2D eigenvalue weighted by Gasteiger charge is -2.25. The molecule has 0 unspecified atom stereocenters. The van der Waals surface area contributed by atoms with Crippen LogP contribution in [0.25, 0.3) is 0 Å². The largest absolute Gasteiger partial charge is 0.376 e. The lowest BCUT2D eigenvalue weighted by atomic mass is 10.2. The van der Waals surface area contributed by atoms with E-state index in [2.05, 4.69) is 4.98 Å². The fourth-order valence-corrected chi connectivity index (χ4v) is 3.34. The summed E-state index contributed by atoms with van der Waals surface area (Å²) in [6.07, 6.45) is 3.74. The van der Waals surface area contributed by atoms with Crippen molar-refractivity contribution in [1.29, 1.82) is 0 Å². The Bertz CT molecular complexity index is 627. The summed E-state index contributed by atoms with van der Waals surface area (Å²) in [6.45, 7) is 1.99. The van der Waals surface area contributed by atoms with Crippen molar-refractivity contribution < 1.29 is 9.66 Å². The number of thiophene rings is 1. The van der Waals surface area contributed by atoms with Crippen molar-refractivity contribution in [2.24, 2.45) is 0 Å². The molecule has 0 N–H and O–H groups in total. The number of aromatic nitrogens is 1. The Morgan fingerprint density at radius 3 is 3.05 bits per heavy atom. The molecule has 3 heterocycles. The summed E-state index contributed by atoms with van der Waals surface area (Å²) in [4.78, 5) is 18.3. The molecule has 1 aliphatic heterocycles. The zero-order valence-electron chi connectivity index (χ0n) is 12.1. The first-order chi connectivity index (χ1) is 10.7. The van der Waals surface area contributed by atoms with Crippen molar-refractivity contribution >= 4 is 22.8 Å².